The van der Waals surface area contributed by atoms with E-state index in [2.05, 4.69) is 81.4 Å². The molecule has 0 spiro atoms. The van der Waals surface area contributed by atoms with Crippen molar-refractivity contribution in [1.29, 1.82) is 0 Å². The molecule has 2 aromatic rings. The van der Waals surface area contributed by atoms with Gasteiger partial charge in [-0.1, -0.05) is 81.4 Å². The second-order valence-electron chi connectivity index (χ2n) is 9.14. The lowest BCUT2D eigenvalue weighted by molar-refractivity contribution is -0.158. The summed E-state index contributed by atoms with van der Waals surface area (Å²) in [5, 5.41) is 2.45. The third-order valence-electron chi connectivity index (χ3n) is 6.48. The van der Waals surface area contributed by atoms with Crippen molar-refractivity contribution in [1.82, 2.24) is 0 Å². The van der Waals surface area contributed by atoms with Gasteiger partial charge in [0.05, 0.1) is 18.6 Å². The number of hydrogen-bond donors (Lipinski definition) is 0. The van der Waals surface area contributed by atoms with Crippen LogP contribution in [-0.4, -0.2) is 27.0 Å². The average Bonchev–Trinajstić information content (AvgIpc) is 3.10. The molecule has 0 N–H and O–H groups in total. The summed E-state index contributed by atoms with van der Waals surface area (Å²) in [4.78, 5) is 12.6. The Hall–Kier alpha value is -1.91. The maximum atomic E-state index is 12.6. The molecule has 2 aliphatic rings. The van der Waals surface area contributed by atoms with Crippen LogP contribution in [0.1, 0.15) is 40.0 Å². The normalized spacial score (nSPS) is 25.2. The van der Waals surface area contributed by atoms with Gasteiger partial charge in [0.1, 0.15) is 0 Å². The number of carbonyl (C=O) groups excluding carboxylic acids is 1. The monoisotopic (exact) mass is 394 g/mol. The molecule has 1 aliphatic carbocycles. The number of carbonyl (C=O) groups is 1. The highest BCUT2D eigenvalue weighted by molar-refractivity contribution is 6.99. The van der Waals surface area contributed by atoms with E-state index in [1.807, 2.05) is 0 Å². The SMILES string of the molecule is CC(C)(C)[Si](OC1CC[C@@H]2CCOC(=O)[C@H]12)(c1ccccc1)c1ccccc1. The van der Waals surface area contributed by atoms with Gasteiger partial charge in [-0.25, -0.2) is 0 Å². The summed E-state index contributed by atoms with van der Waals surface area (Å²) in [6.45, 7) is 7.41. The van der Waals surface area contributed by atoms with Crippen LogP contribution in [0.2, 0.25) is 5.04 Å². The molecule has 1 unspecified atom stereocenters. The lowest BCUT2D eigenvalue weighted by atomic mass is 9.90. The molecule has 4 rings (SSSR count). The zero-order valence-electron chi connectivity index (χ0n) is 17.1. The Kier molecular flexibility index (Phi) is 5.19. The molecule has 0 bridgehead atoms. The first-order valence-corrected chi connectivity index (χ1v) is 12.3. The van der Waals surface area contributed by atoms with E-state index in [1.54, 1.807) is 0 Å². The highest BCUT2D eigenvalue weighted by Gasteiger charge is 2.55. The highest BCUT2D eigenvalue weighted by atomic mass is 28.4. The number of esters is 1. The fraction of sp³-hybridized carbons (Fsp3) is 0.458. The third-order valence-corrected chi connectivity index (χ3v) is 11.5. The number of cyclic esters (lactones) is 1. The maximum absolute atomic E-state index is 12.6. The zero-order valence-corrected chi connectivity index (χ0v) is 18.1. The Balaban J connectivity index is 1.83. The molecule has 2 aromatic carbocycles. The molecule has 1 saturated heterocycles. The molecule has 0 amide bonds. The summed E-state index contributed by atoms with van der Waals surface area (Å²) in [7, 11) is -2.63. The number of rotatable bonds is 4. The van der Waals surface area contributed by atoms with E-state index in [0.717, 1.165) is 19.3 Å². The van der Waals surface area contributed by atoms with E-state index >= 15 is 0 Å². The Labute approximate surface area is 169 Å². The minimum absolute atomic E-state index is 0.0586. The smallest absolute Gasteiger partial charge is 0.311 e. The maximum Gasteiger partial charge on any atom is 0.311 e. The lowest BCUT2D eigenvalue weighted by Gasteiger charge is -2.45. The standard InChI is InChI=1S/C24H30O3Si/c1-24(2,3)28(19-10-6-4-7-11-19,20-12-8-5-9-13-20)27-21-15-14-18-16-17-26-23(25)22(18)21/h4-13,18,21-22H,14-17H2,1-3H3/t18-,21?,22+/m1/s1. The van der Waals surface area contributed by atoms with Gasteiger partial charge in [0.25, 0.3) is 8.32 Å². The molecule has 4 heteroatoms. The van der Waals surface area contributed by atoms with Crippen LogP contribution in [0.5, 0.6) is 0 Å². The quantitative estimate of drug-likeness (QED) is 0.583. The number of ether oxygens (including phenoxy) is 1. The fourth-order valence-electron chi connectivity index (χ4n) is 5.17. The van der Waals surface area contributed by atoms with E-state index in [-0.39, 0.29) is 23.0 Å². The molecule has 3 atom stereocenters. The van der Waals surface area contributed by atoms with E-state index in [1.165, 1.54) is 10.4 Å². The molecular weight excluding hydrogens is 364 g/mol. The van der Waals surface area contributed by atoms with Crippen LogP contribution in [0, 0.1) is 11.8 Å². The lowest BCUT2D eigenvalue weighted by Crippen LogP contribution is -2.68. The van der Waals surface area contributed by atoms with Crippen LogP contribution >= 0.6 is 0 Å². The largest absolute Gasteiger partial charge is 0.465 e. The van der Waals surface area contributed by atoms with Crippen molar-refractivity contribution in [2.75, 3.05) is 6.61 Å². The van der Waals surface area contributed by atoms with E-state index in [9.17, 15) is 4.79 Å². The highest BCUT2D eigenvalue weighted by Crippen LogP contribution is 2.44. The summed E-state index contributed by atoms with van der Waals surface area (Å²) in [5.74, 6) is 0.233. The van der Waals surface area contributed by atoms with Crippen molar-refractivity contribution in [3.05, 3.63) is 60.7 Å². The molecule has 1 aliphatic heterocycles. The molecule has 0 radical (unpaired) electrons. The summed E-state index contributed by atoms with van der Waals surface area (Å²) in [6, 6.07) is 21.3. The van der Waals surface area contributed by atoms with Gasteiger partial charge >= 0.3 is 5.97 Å². The number of hydrogen-bond acceptors (Lipinski definition) is 3. The molecule has 0 aromatic heterocycles. The van der Waals surface area contributed by atoms with Crippen LogP contribution < -0.4 is 10.4 Å². The van der Waals surface area contributed by atoms with Crippen molar-refractivity contribution in [2.45, 2.75) is 51.2 Å². The van der Waals surface area contributed by atoms with Crippen molar-refractivity contribution < 1.29 is 14.0 Å². The fourth-order valence-corrected chi connectivity index (χ4v) is 9.90. The van der Waals surface area contributed by atoms with Gasteiger partial charge in [0.2, 0.25) is 0 Å². The minimum Gasteiger partial charge on any atom is -0.465 e. The summed E-state index contributed by atoms with van der Waals surface area (Å²) < 4.78 is 12.6. The van der Waals surface area contributed by atoms with Crippen molar-refractivity contribution in [3.63, 3.8) is 0 Å². The second kappa shape index (κ2) is 7.49. The number of fused-ring (bicyclic) bond motifs is 1. The van der Waals surface area contributed by atoms with E-state index in [4.69, 9.17) is 9.16 Å². The van der Waals surface area contributed by atoms with Gasteiger partial charge in [0.15, 0.2) is 0 Å². The second-order valence-corrected chi connectivity index (χ2v) is 13.4. The van der Waals surface area contributed by atoms with Gasteiger partial charge in [-0.05, 0) is 40.6 Å². The zero-order chi connectivity index (χ0) is 19.8. The Morgan fingerprint density at radius 3 is 2.00 bits per heavy atom. The van der Waals surface area contributed by atoms with Crippen molar-refractivity contribution in [3.8, 4) is 0 Å². The van der Waals surface area contributed by atoms with E-state index in [0.29, 0.717) is 12.5 Å². The summed E-state index contributed by atoms with van der Waals surface area (Å²) >= 11 is 0. The topological polar surface area (TPSA) is 35.5 Å². The molecule has 148 valence electrons. The van der Waals surface area contributed by atoms with Crippen LogP contribution in [0.25, 0.3) is 0 Å². The van der Waals surface area contributed by atoms with Gasteiger partial charge < -0.3 is 9.16 Å². The first-order chi connectivity index (χ1) is 13.4. The average molecular weight is 395 g/mol. The predicted molar refractivity (Wildman–Crippen MR) is 114 cm³/mol. The van der Waals surface area contributed by atoms with Crippen LogP contribution in [0.3, 0.4) is 0 Å². The van der Waals surface area contributed by atoms with Crippen molar-refractivity contribution in [2.24, 2.45) is 11.8 Å². The van der Waals surface area contributed by atoms with Gasteiger partial charge in [-0.15, -0.1) is 0 Å². The Bertz CT molecular complexity index is 773. The number of benzene rings is 2. The molecule has 3 nitrogen and oxygen atoms in total. The molecule has 28 heavy (non-hydrogen) atoms. The van der Waals surface area contributed by atoms with Crippen LogP contribution in [-0.2, 0) is 14.0 Å². The Morgan fingerprint density at radius 2 is 1.46 bits per heavy atom. The molecule has 2 fully saturated rings. The van der Waals surface area contributed by atoms with Crippen LogP contribution in [0.4, 0.5) is 0 Å². The van der Waals surface area contributed by atoms with Gasteiger partial charge in [-0.2, -0.15) is 0 Å². The molecular formula is C24H30O3Si. The first-order valence-electron chi connectivity index (χ1n) is 10.4. The first kappa shape index (κ1) is 19.4. The Morgan fingerprint density at radius 1 is 0.893 bits per heavy atom. The molecule has 1 saturated carbocycles. The van der Waals surface area contributed by atoms with E-state index < -0.39 is 8.32 Å². The van der Waals surface area contributed by atoms with Crippen molar-refractivity contribution >= 4 is 24.7 Å². The third kappa shape index (κ3) is 3.23. The van der Waals surface area contributed by atoms with Gasteiger partial charge in [0, 0.05) is 0 Å². The summed E-state index contributed by atoms with van der Waals surface area (Å²) in [5.41, 5.74) is 0. The van der Waals surface area contributed by atoms with Crippen LogP contribution in [0.15, 0.2) is 60.7 Å². The minimum atomic E-state index is -2.63. The van der Waals surface area contributed by atoms with Gasteiger partial charge in [-0.3, -0.25) is 4.79 Å². The molecule has 1 heterocycles. The predicted octanol–water partition coefficient (Wildman–Crippen LogP) is 3.90. The summed E-state index contributed by atoms with van der Waals surface area (Å²) in [6.07, 6.45) is 2.90.